The zero-order chi connectivity index (χ0) is 20.6. The van der Waals surface area contributed by atoms with Crippen LogP contribution in [0.5, 0.6) is 5.75 Å². The summed E-state index contributed by atoms with van der Waals surface area (Å²) in [6, 6.07) is 7.52. The van der Waals surface area contributed by atoms with Crippen molar-refractivity contribution in [2.24, 2.45) is 5.92 Å². The predicted molar refractivity (Wildman–Crippen MR) is 113 cm³/mol. The maximum absolute atomic E-state index is 11.6. The average molecular weight is 414 g/mol. The van der Waals surface area contributed by atoms with E-state index >= 15 is 0 Å². The average Bonchev–Trinajstić information content (AvgIpc) is 2.67. The smallest absolute Gasteiger partial charge is 0.225 e. The number of sulfone groups is 1. The van der Waals surface area contributed by atoms with E-state index in [0.717, 1.165) is 18.5 Å². The first-order valence-electron chi connectivity index (χ1n) is 10.4. The van der Waals surface area contributed by atoms with E-state index in [0.29, 0.717) is 31.4 Å². The summed E-state index contributed by atoms with van der Waals surface area (Å²) in [6.07, 6.45) is 3.08. The summed E-state index contributed by atoms with van der Waals surface area (Å²) in [5.41, 5.74) is 0.974. The summed E-state index contributed by atoms with van der Waals surface area (Å²) in [6.45, 7) is 7.61. The molecule has 1 N–H and O–H groups in total. The molecule has 0 amide bonds. The Morgan fingerprint density at radius 2 is 1.79 bits per heavy atom. The second-order valence-electron chi connectivity index (χ2n) is 7.61. The number of unbranched alkanes of at least 4 members (excludes halogenated alkanes) is 1. The number of nitrogens with zero attached hydrogens (tertiary/aromatic N) is 1. The number of rotatable bonds is 11. The van der Waals surface area contributed by atoms with Crippen LogP contribution >= 0.6 is 0 Å². The maximum Gasteiger partial charge on any atom is 0.225 e. The third kappa shape index (κ3) is 7.26. The fraction of sp³-hybridized carbons (Fsp3) is 0.714. The van der Waals surface area contributed by atoms with Gasteiger partial charge in [-0.15, -0.1) is 0 Å². The van der Waals surface area contributed by atoms with Crippen LogP contribution in [0.2, 0.25) is 0 Å². The number of aliphatic hydroxyl groups excluding tert-OH is 1. The Hall–Kier alpha value is -1.31. The van der Waals surface area contributed by atoms with Crippen molar-refractivity contribution in [2.75, 3.05) is 36.1 Å². The fourth-order valence-electron chi connectivity index (χ4n) is 3.24. The Morgan fingerprint density at radius 1 is 1.14 bits per heavy atom. The van der Waals surface area contributed by atoms with Crippen LogP contribution in [0.4, 0.5) is 5.69 Å². The molecule has 2 rings (SSSR count). The molecule has 0 bridgehead atoms. The Balaban J connectivity index is 1.90. The molecule has 1 saturated heterocycles. The zero-order valence-electron chi connectivity index (χ0n) is 17.3. The van der Waals surface area contributed by atoms with E-state index in [2.05, 4.69) is 18.7 Å². The highest BCUT2D eigenvalue weighted by Gasteiger charge is 2.22. The molecule has 28 heavy (non-hydrogen) atoms. The molecule has 0 aromatic heterocycles. The lowest BCUT2D eigenvalue weighted by Gasteiger charge is -2.29. The van der Waals surface area contributed by atoms with E-state index in [1.54, 1.807) is 6.92 Å². The van der Waals surface area contributed by atoms with Crippen LogP contribution in [0.3, 0.4) is 0 Å². The highest BCUT2D eigenvalue weighted by Crippen LogP contribution is 2.23. The van der Waals surface area contributed by atoms with Crippen molar-refractivity contribution in [3.63, 3.8) is 0 Å². The minimum Gasteiger partial charge on any atom is -0.462 e. The lowest BCUT2D eigenvalue weighted by molar-refractivity contribution is -0.147. The first-order chi connectivity index (χ1) is 13.3. The van der Waals surface area contributed by atoms with E-state index < -0.39 is 22.2 Å². The Morgan fingerprint density at radius 3 is 2.32 bits per heavy atom. The molecule has 7 heteroatoms. The normalized spacial score (nSPS) is 19.8. The van der Waals surface area contributed by atoms with Crippen LogP contribution in [-0.4, -0.2) is 57.1 Å². The van der Waals surface area contributed by atoms with Crippen LogP contribution in [0.15, 0.2) is 24.3 Å². The van der Waals surface area contributed by atoms with Crippen molar-refractivity contribution in [3.05, 3.63) is 24.3 Å². The van der Waals surface area contributed by atoms with Crippen LogP contribution in [0.1, 0.15) is 46.5 Å². The summed E-state index contributed by atoms with van der Waals surface area (Å²) in [5, 5.41) is 10.0. The van der Waals surface area contributed by atoms with Gasteiger partial charge in [0.2, 0.25) is 6.29 Å². The van der Waals surface area contributed by atoms with E-state index in [9.17, 15) is 13.5 Å². The molecule has 0 aliphatic carbocycles. The molecule has 0 spiro atoms. The van der Waals surface area contributed by atoms with Gasteiger partial charge in [-0.1, -0.05) is 33.1 Å². The van der Waals surface area contributed by atoms with Gasteiger partial charge in [-0.25, -0.2) is 8.42 Å². The first kappa shape index (κ1) is 23.0. The molecule has 1 heterocycles. The lowest BCUT2D eigenvalue weighted by Crippen LogP contribution is -2.40. The number of ether oxygens (including phenoxy) is 2. The largest absolute Gasteiger partial charge is 0.462 e. The van der Waals surface area contributed by atoms with E-state index in [1.165, 1.54) is 12.8 Å². The molecular weight excluding hydrogens is 378 g/mol. The van der Waals surface area contributed by atoms with Crippen molar-refractivity contribution in [1.82, 2.24) is 0 Å². The van der Waals surface area contributed by atoms with Gasteiger partial charge in [0, 0.05) is 18.8 Å². The molecule has 1 aliphatic rings. The van der Waals surface area contributed by atoms with Crippen molar-refractivity contribution in [2.45, 2.75) is 58.8 Å². The summed E-state index contributed by atoms with van der Waals surface area (Å²) in [7, 11) is -2.89. The van der Waals surface area contributed by atoms with Crippen LogP contribution in [-0.2, 0) is 14.6 Å². The second-order valence-corrected chi connectivity index (χ2v) is 9.91. The molecule has 1 aromatic rings. The standard InChI is InChI=1S/C21H35NO5S/c1-4-6-7-18(5-2)16-26-21(17(3)23)27-20-10-8-19(9-11-20)22-12-14-28(24,25)15-13-22/h8-11,17-18,21,23H,4-7,12-16H2,1-3H3. The van der Waals surface area contributed by atoms with Crippen molar-refractivity contribution >= 4 is 15.5 Å². The lowest BCUT2D eigenvalue weighted by atomic mass is 10.0. The summed E-state index contributed by atoms with van der Waals surface area (Å²) < 4.78 is 34.9. The minimum absolute atomic E-state index is 0.194. The molecule has 3 atom stereocenters. The molecule has 6 nitrogen and oxygen atoms in total. The molecular formula is C21H35NO5S. The van der Waals surface area contributed by atoms with E-state index in [1.807, 2.05) is 24.3 Å². The summed E-state index contributed by atoms with van der Waals surface area (Å²) in [4.78, 5) is 2.06. The number of benzene rings is 1. The summed E-state index contributed by atoms with van der Waals surface area (Å²) in [5.74, 6) is 1.49. The predicted octanol–water partition coefficient (Wildman–Crippen LogP) is 3.24. The maximum atomic E-state index is 11.6. The third-order valence-electron chi connectivity index (χ3n) is 5.23. The molecule has 3 unspecified atom stereocenters. The van der Waals surface area contributed by atoms with Crippen molar-refractivity contribution < 1.29 is 23.0 Å². The van der Waals surface area contributed by atoms with Crippen LogP contribution in [0.25, 0.3) is 0 Å². The zero-order valence-corrected chi connectivity index (χ0v) is 18.2. The van der Waals surface area contributed by atoms with Gasteiger partial charge in [0.25, 0.3) is 0 Å². The minimum atomic E-state index is -2.89. The molecule has 1 aromatic carbocycles. The van der Waals surface area contributed by atoms with Gasteiger partial charge in [0.1, 0.15) is 11.9 Å². The van der Waals surface area contributed by atoms with Crippen molar-refractivity contribution in [1.29, 1.82) is 0 Å². The highest BCUT2D eigenvalue weighted by molar-refractivity contribution is 7.91. The van der Waals surface area contributed by atoms with E-state index in [-0.39, 0.29) is 11.5 Å². The molecule has 0 radical (unpaired) electrons. The highest BCUT2D eigenvalue weighted by atomic mass is 32.2. The van der Waals surface area contributed by atoms with Gasteiger partial charge in [0.05, 0.1) is 18.1 Å². The van der Waals surface area contributed by atoms with E-state index in [4.69, 9.17) is 9.47 Å². The Labute approximate surface area is 169 Å². The third-order valence-corrected chi connectivity index (χ3v) is 6.84. The summed E-state index contributed by atoms with van der Waals surface area (Å²) >= 11 is 0. The fourth-order valence-corrected chi connectivity index (χ4v) is 4.44. The van der Waals surface area contributed by atoms with Gasteiger partial charge in [-0.3, -0.25) is 0 Å². The number of anilines is 1. The number of aliphatic hydroxyl groups is 1. The first-order valence-corrected chi connectivity index (χ1v) is 12.2. The van der Waals surface area contributed by atoms with Gasteiger partial charge in [-0.2, -0.15) is 0 Å². The SMILES string of the molecule is CCCCC(CC)COC(Oc1ccc(N2CCS(=O)(=O)CC2)cc1)C(C)O. The van der Waals surface area contributed by atoms with Crippen molar-refractivity contribution in [3.8, 4) is 5.75 Å². The molecule has 160 valence electrons. The van der Waals surface area contributed by atoms with Gasteiger partial charge in [-0.05, 0) is 43.5 Å². The van der Waals surface area contributed by atoms with Gasteiger partial charge < -0.3 is 19.5 Å². The number of hydrogen-bond donors (Lipinski definition) is 1. The molecule has 1 aliphatic heterocycles. The number of hydrogen-bond acceptors (Lipinski definition) is 6. The van der Waals surface area contributed by atoms with Gasteiger partial charge >= 0.3 is 0 Å². The Bertz CT molecular complexity index is 661. The monoisotopic (exact) mass is 413 g/mol. The van der Waals surface area contributed by atoms with Crippen LogP contribution in [0, 0.1) is 5.92 Å². The van der Waals surface area contributed by atoms with Gasteiger partial charge in [0.15, 0.2) is 9.84 Å². The molecule has 0 saturated carbocycles. The molecule has 1 fully saturated rings. The quantitative estimate of drug-likeness (QED) is 0.561. The van der Waals surface area contributed by atoms with Crippen LogP contribution < -0.4 is 9.64 Å². The second kappa shape index (κ2) is 11.0. The topological polar surface area (TPSA) is 76.1 Å². The Kier molecular flexibility index (Phi) is 9.05.